The highest BCUT2D eigenvalue weighted by atomic mass is 35.5. The maximum absolute atomic E-state index is 5.85. The second kappa shape index (κ2) is 6.05. The molecule has 0 spiro atoms. The van der Waals surface area contributed by atoms with Crippen LogP contribution in [0.3, 0.4) is 0 Å². The first-order valence-corrected chi connectivity index (χ1v) is 6.65. The van der Waals surface area contributed by atoms with E-state index in [0.717, 1.165) is 11.1 Å². The fourth-order valence-electron chi connectivity index (χ4n) is 1.54. The molecular weight excluding hydrogens is 278 g/mol. The summed E-state index contributed by atoms with van der Waals surface area (Å²) in [6.45, 7) is 7.69. The molecule has 5 nitrogen and oxygen atoms in total. The molecule has 0 N–H and O–H groups in total. The molecule has 0 aliphatic carbocycles. The molecule has 0 radical (unpaired) electrons. The molecule has 0 saturated carbocycles. The normalized spacial score (nSPS) is 10.7. The highest BCUT2D eigenvalue weighted by molar-refractivity contribution is 6.28. The zero-order valence-electron chi connectivity index (χ0n) is 11.8. The van der Waals surface area contributed by atoms with Gasteiger partial charge in [0.15, 0.2) is 0 Å². The van der Waals surface area contributed by atoms with Crippen molar-refractivity contribution in [1.82, 2.24) is 15.0 Å². The summed E-state index contributed by atoms with van der Waals surface area (Å²) in [5.41, 5.74) is 2.07. The van der Waals surface area contributed by atoms with Gasteiger partial charge in [0, 0.05) is 0 Å². The SMILES string of the molecule is Cc1ccc(C)c(Oc2nc(Cl)nc(OC(C)C)n2)c1. The van der Waals surface area contributed by atoms with Gasteiger partial charge in [0.2, 0.25) is 5.28 Å². The Morgan fingerprint density at radius 2 is 1.75 bits per heavy atom. The van der Waals surface area contributed by atoms with Crippen LogP contribution in [0, 0.1) is 13.8 Å². The fourth-order valence-corrected chi connectivity index (χ4v) is 1.68. The van der Waals surface area contributed by atoms with Crippen LogP contribution in [0.15, 0.2) is 18.2 Å². The van der Waals surface area contributed by atoms with Crippen molar-refractivity contribution in [2.75, 3.05) is 0 Å². The molecule has 0 unspecified atom stereocenters. The topological polar surface area (TPSA) is 57.1 Å². The second-order valence-electron chi connectivity index (χ2n) is 4.71. The molecule has 6 heteroatoms. The van der Waals surface area contributed by atoms with Crippen molar-refractivity contribution in [3.8, 4) is 17.8 Å². The summed E-state index contributed by atoms with van der Waals surface area (Å²) >= 11 is 5.85. The fraction of sp³-hybridized carbons (Fsp3) is 0.357. The molecule has 0 bridgehead atoms. The number of halogens is 1. The Balaban J connectivity index is 2.28. The first-order valence-electron chi connectivity index (χ1n) is 6.27. The van der Waals surface area contributed by atoms with E-state index in [1.54, 1.807) is 0 Å². The highest BCUT2D eigenvalue weighted by Crippen LogP contribution is 2.25. The minimum Gasteiger partial charge on any atom is -0.461 e. The van der Waals surface area contributed by atoms with Crippen LogP contribution in [-0.2, 0) is 0 Å². The van der Waals surface area contributed by atoms with E-state index in [0.29, 0.717) is 5.75 Å². The molecule has 106 valence electrons. The van der Waals surface area contributed by atoms with Crippen LogP contribution >= 0.6 is 11.6 Å². The number of aryl methyl sites for hydroxylation is 2. The molecule has 0 aliphatic rings. The molecule has 1 aromatic heterocycles. The Morgan fingerprint density at radius 3 is 2.45 bits per heavy atom. The van der Waals surface area contributed by atoms with E-state index in [-0.39, 0.29) is 23.4 Å². The van der Waals surface area contributed by atoms with Gasteiger partial charge in [-0.1, -0.05) is 12.1 Å². The number of aromatic nitrogens is 3. The Kier molecular flexibility index (Phi) is 4.39. The van der Waals surface area contributed by atoms with Crippen LogP contribution in [0.4, 0.5) is 0 Å². The molecule has 2 aromatic rings. The van der Waals surface area contributed by atoms with Gasteiger partial charge in [-0.25, -0.2) is 0 Å². The van der Waals surface area contributed by atoms with Gasteiger partial charge in [0.25, 0.3) is 0 Å². The minimum absolute atomic E-state index is 0.0379. The van der Waals surface area contributed by atoms with Crippen LogP contribution < -0.4 is 9.47 Å². The summed E-state index contributed by atoms with van der Waals surface area (Å²) in [6.07, 6.45) is -0.0537. The molecule has 20 heavy (non-hydrogen) atoms. The predicted octanol–water partition coefficient (Wildman–Crippen LogP) is 3.72. The lowest BCUT2D eigenvalue weighted by molar-refractivity contribution is 0.218. The van der Waals surface area contributed by atoms with Gasteiger partial charge in [-0.15, -0.1) is 4.98 Å². The van der Waals surface area contributed by atoms with Crippen molar-refractivity contribution in [2.45, 2.75) is 33.8 Å². The molecule has 0 atom stereocenters. The van der Waals surface area contributed by atoms with E-state index in [4.69, 9.17) is 21.1 Å². The Labute approximate surface area is 123 Å². The van der Waals surface area contributed by atoms with E-state index >= 15 is 0 Å². The van der Waals surface area contributed by atoms with E-state index in [1.165, 1.54) is 0 Å². The van der Waals surface area contributed by atoms with Gasteiger partial charge in [0.1, 0.15) is 5.75 Å². The summed E-state index contributed by atoms with van der Waals surface area (Å²) in [5, 5.41) is 0.0379. The number of nitrogens with zero attached hydrogens (tertiary/aromatic N) is 3. The van der Waals surface area contributed by atoms with Crippen molar-refractivity contribution in [3.05, 3.63) is 34.6 Å². The van der Waals surface area contributed by atoms with Gasteiger partial charge in [-0.2, -0.15) is 9.97 Å². The molecule has 0 amide bonds. The molecule has 0 aliphatic heterocycles. The Bertz CT molecular complexity index is 617. The first kappa shape index (κ1) is 14.5. The monoisotopic (exact) mass is 293 g/mol. The largest absolute Gasteiger partial charge is 0.461 e. The standard InChI is InChI=1S/C14H16ClN3O2/c1-8(2)19-13-16-12(15)17-14(18-13)20-11-7-9(3)5-6-10(11)4/h5-8H,1-4H3. The summed E-state index contributed by atoms with van der Waals surface area (Å²) in [4.78, 5) is 11.9. The van der Waals surface area contributed by atoms with Crippen LogP contribution in [-0.4, -0.2) is 21.1 Å². The molecular formula is C14H16ClN3O2. The summed E-state index contributed by atoms with van der Waals surface area (Å²) in [5.74, 6) is 0.683. The number of benzene rings is 1. The third-order valence-electron chi connectivity index (χ3n) is 2.45. The Morgan fingerprint density at radius 1 is 1.05 bits per heavy atom. The average molecular weight is 294 g/mol. The van der Waals surface area contributed by atoms with Crippen molar-refractivity contribution in [2.24, 2.45) is 0 Å². The number of rotatable bonds is 4. The van der Waals surface area contributed by atoms with Crippen LogP contribution in [0.25, 0.3) is 0 Å². The van der Waals surface area contributed by atoms with E-state index in [2.05, 4.69) is 15.0 Å². The predicted molar refractivity (Wildman–Crippen MR) is 76.6 cm³/mol. The van der Waals surface area contributed by atoms with Gasteiger partial charge < -0.3 is 9.47 Å². The maximum atomic E-state index is 5.85. The van der Waals surface area contributed by atoms with Gasteiger partial charge in [-0.05, 0) is 56.5 Å². The third kappa shape index (κ3) is 3.81. The number of hydrogen-bond donors (Lipinski definition) is 0. The number of hydrogen-bond acceptors (Lipinski definition) is 5. The quantitative estimate of drug-likeness (QED) is 0.860. The smallest absolute Gasteiger partial charge is 0.329 e. The van der Waals surface area contributed by atoms with Crippen molar-refractivity contribution in [3.63, 3.8) is 0 Å². The van der Waals surface area contributed by atoms with Gasteiger partial charge >= 0.3 is 12.0 Å². The second-order valence-corrected chi connectivity index (χ2v) is 5.05. The average Bonchev–Trinajstić information content (AvgIpc) is 2.32. The lowest BCUT2D eigenvalue weighted by Crippen LogP contribution is -2.09. The summed E-state index contributed by atoms with van der Waals surface area (Å²) in [6, 6.07) is 6.17. The lowest BCUT2D eigenvalue weighted by Gasteiger charge is -2.10. The molecule has 1 heterocycles. The molecule has 0 saturated heterocycles. The van der Waals surface area contributed by atoms with Crippen molar-refractivity contribution in [1.29, 1.82) is 0 Å². The van der Waals surface area contributed by atoms with Crippen molar-refractivity contribution >= 4 is 11.6 Å². The van der Waals surface area contributed by atoms with E-state index in [1.807, 2.05) is 45.9 Å². The van der Waals surface area contributed by atoms with E-state index < -0.39 is 0 Å². The summed E-state index contributed by atoms with van der Waals surface area (Å²) < 4.78 is 11.1. The number of ether oxygens (including phenoxy) is 2. The van der Waals surface area contributed by atoms with Crippen molar-refractivity contribution < 1.29 is 9.47 Å². The lowest BCUT2D eigenvalue weighted by atomic mass is 10.1. The van der Waals surface area contributed by atoms with Gasteiger partial charge in [0.05, 0.1) is 6.10 Å². The van der Waals surface area contributed by atoms with Crippen LogP contribution in [0.2, 0.25) is 5.28 Å². The molecule has 2 rings (SSSR count). The van der Waals surface area contributed by atoms with E-state index in [9.17, 15) is 0 Å². The minimum atomic E-state index is -0.0537. The van der Waals surface area contributed by atoms with Crippen LogP contribution in [0.5, 0.6) is 17.8 Å². The third-order valence-corrected chi connectivity index (χ3v) is 2.62. The van der Waals surface area contributed by atoms with Gasteiger partial charge in [-0.3, -0.25) is 0 Å². The van der Waals surface area contributed by atoms with Crippen LogP contribution in [0.1, 0.15) is 25.0 Å². The first-order chi connectivity index (χ1) is 9.44. The Hall–Kier alpha value is -1.88. The molecule has 0 fully saturated rings. The molecule has 1 aromatic carbocycles. The zero-order valence-corrected chi connectivity index (χ0v) is 12.6. The highest BCUT2D eigenvalue weighted by Gasteiger charge is 2.11. The maximum Gasteiger partial charge on any atom is 0.329 e. The summed E-state index contributed by atoms with van der Waals surface area (Å²) in [7, 11) is 0. The zero-order chi connectivity index (χ0) is 14.7.